The molecular formula is C8H9FN2. The molecule has 11 heavy (non-hydrogen) atoms. The Hall–Kier alpha value is -1.22. The van der Waals surface area contributed by atoms with Gasteiger partial charge in [0, 0.05) is 12.2 Å². The van der Waals surface area contributed by atoms with Crippen LogP contribution in [0.3, 0.4) is 0 Å². The lowest BCUT2D eigenvalue weighted by Crippen LogP contribution is -2.06. The fourth-order valence-electron chi connectivity index (χ4n) is 0.761. The van der Waals surface area contributed by atoms with Crippen LogP contribution in [-0.4, -0.2) is 4.98 Å². The minimum atomic E-state index is -0.514. The number of hydrogen-bond donors (Lipinski definition) is 1. The summed E-state index contributed by atoms with van der Waals surface area (Å²) in [6.07, 6.45) is 2.93. The molecule has 1 aromatic heterocycles. The number of rotatable bonds is 2. The molecule has 0 aliphatic rings. The maximum Gasteiger partial charge on any atom is 0.213 e. The molecule has 2 N–H and O–H groups in total. The number of nitrogens with zero attached hydrogens (tertiary/aromatic N) is 1. The van der Waals surface area contributed by atoms with Crippen LogP contribution in [0.2, 0.25) is 0 Å². The SMILES string of the molecule is C=C[C@@H](N)c1ccnc(F)c1. The summed E-state index contributed by atoms with van der Waals surface area (Å²) >= 11 is 0. The Balaban J connectivity index is 2.95. The van der Waals surface area contributed by atoms with E-state index in [2.05, 4.69) is 11.6 Å². The van der Waals surface area contributed by atoms with E-state index in [9.17, 15) is 4.39 Å². The molecule has 0 bridgehead atoms. The monoisotopic (exact) mass is 152 g/mol. The van der Waals surface area contributed by atoms with Crippen LogP contribution in [-0.2, 0) is 0 Å². The predicted molar refractivity (Wildman–Crippen MR) is 41.3 cm³/mol. The Kier molecular flexibility index (Phi) is 2.33. The van der Waals surface area contributed by atoms with Crippen LogP contribution in [0.25, 0.3) is 0 Å². The van der Waals surface area contributed by atoms with Gasteiger partial charge in [-0.3, -0.25) is 0 Å². The third-order valence-corrected chi connectivity index (χ3v) is 1.39. The van der Waals surface area contributed by atoms with Crippen molar-refractivity contribution < 1.29 is 4.39 Å². The summed E-state index contributed by atoms with van der Waals surface area (Å²) in [6.45, 7) is 3.50. The zero-order valence-corrected chi connectivity index (χ0v) is 6.00. The lowest BCUT2D eigenvalue weighted by molar-refractivity contribution is 0.580. The van der Waals surface area contributed by atoms with Gasteiger partial charge in [-0.05, 0) is 17.7 Å². The maximum atomic E-state index is 12.5. The van der Waals surface area contributed by atoms with Crippen LogP contribution in [0.15, 0.2) is 31.0 Å². The standard InChI is InChI=1S/C8H9FN2/c1-2-7(10)6-3-4-11-8(9)5-6/h2-5,7H,1,10H2/t7-/m1/s1. The summed E-state index contributed by atoms with van der Waals surface area (Å²) in [5.74, 6) is -0.514. The summed E-state index contributed by atoms with van der Waals surface area (Å²) < 4.78 is 12.5. The summed E-state index contributed by atoms with van der Waals surface area (Å²) in [6, 6.07) is 2.65. The van der Waals surface area contributed by atoms with Crippen molar-refractivity contribution >= 4 is 0 Å². The van der Waals surface area contributed by atoms with E-state index in [4.69, 9.17) is 5.73 Å². The Morgan fingerprint density at radius 3 is 3.00 bits per heavy atom. The molecule has 0 aromatic carbocycles. The van der Waals surface area contributed by atoms with E-state index in [0.717, 1.165) is 0 Å². The van der Waals surface area contributed by atoms with Crippen molar-refractivity contribution in [1.29, 1.82) is 0 Å². The van der Waals surface area contributed by atoms with Crippen LogP contribution in [0.5, 0.6) is 0 Å². The highest BCUT2D eigenvalue weighted by molar-refractivity contribution is 5.18. The van der Waals surface area contributed by atoms with E-state index < -0.39 is 5.95 Å². The summed E-state index contributed by atoms with van der Waals surface area (Å²) in [5.41, 5.74) is 6.24. The topological polar surface area (TPSA) is 38.9 Å². The van der Waals surface area contributed by atoms with Crippen LogP contribution in [0, 0.1) is 5.95 Å². The second-order valence-corrected chi connectivity index (χ2v) is 2.17. The number of halogens is 1. The van der Waals surface area contributed by atoms with Crippen LogP contribution >= 0.6 is 0 Å². The average Bonchev–Trinajstić information content (AvgIpc) is 2.03. The van der Waals surface area contributed by atoms with Crippen LogP contribution in [0.4, 0.5) is 4.39 Å². The highest BCUT2D eigenvalue weighted by Crippen LogP contribution is 2.09. The van der Waals surface area contributed by atoms with Gasteiger partial charge in [-0.2, -0.15) is 4.39 Å². The Morgan fingerprint density at radius 1 is 1.73 bits per heavy atom. The van der Waals surface area contributed by atoms with Gasteiger partial charge in [0.15, 0.2) is 0 Å². The van der Waals surface area contributed by atoms with Crippen molar-refractivity contribution in [2.24, 2.45) is 5.73 Å². The molecule has 0 saturated heterocycles. The normalized spacial score (nSPS) is 12.5. The van der Waals surface area contributed by atoms with Gasteiger partial charge in [-0.1, -0.05) is 6.08 Å². The van der Waals surface area contributed by atoms with E-state index in [1.165, 1.54) is 12.3 Å². The Bertz CT molecular complexity index is 260. The molecule has 0 aliphatic carbocycles. The average molecular weight is 152 g/mol. The van der Waals surface area contributed by atoms with Crippen molar-refractivity contribution in [2.75, 3.05) is 0 Å². The molecule has 0 unspecified atom stereocenters. The van der Waals surface area contributed by atoms with E-state index in [1.807, 2.05) is 0 Å². The van der Waals surface area contributed by atoms with Crippen molar-refractivity contribution in [2.45, 2.75) is 6.04 Å². The van der Waals surface area contributed by atoms with E-state index in [0.29, 0.717) is 5.56 Å². The molecule has 0 aliphatic heterocycles. The lowest BCUT2D eigenvalue weighted by Gasteiger charge is -2.04. The number of nitrogens with two attached hydrogens (primary N) is 1. The van der Waals surface area contributed by atoms with Gasteiger partial charge < -0.3 is 5.73 Å². The number of hydrogen-bond acceptors (Lipinski definition) is 2. The molecule has 58 valence electrons. The molecule has 0 fully saturated rings. The summed E-state index contributed by atoms with van der Waals surface area (Å²) in [7, 11) is 0. The van der Waals surface area contributed by atoms with E-state index in [1.54, 1.807) is 12.1 Å². The Labute approximate surface area is 64.6 Å². The number of pyridine rings is 1. The van der Waals surface area contributed by atoms with Gasteiger partial charge in [0.1, 0.15) is 0 Å². The molecule has 0 spiro atoms. The van der Waals surface area contributed by atoms with Crippen molar-refractivity contribution in [3.8, 4) is 0 Å². The van der Waals surface area contributed by atoms with Gasteiger partial charge in [0.05, 0.1) is 0 Å². The predicted octanol–water partition coefficient (Wildman–Crippen LogP) is 1.41. The Morgan fingerprint density at radius 2 is 2.45 bits per heavy atom. The van der Waals surface area contributed by atoms with Crippen molar-refractivity contribution in [3.05, 3.63) is 42.5 Å². The van der Waals surface area contributed by atoms with E-state index >= 15 is 0 Å². The van der Waals surface area contributed by atoms with Gasteiger partial charge in [0.25, 0.3) is 0 Å². The smallest absolute Gasteiger partial charge is 0.213 e. The van der Waals surface area contributed by atoms with Gasteiger partial charge >= 0.3 is 0 Å². The van der Waals surface area contributed by atoms with E-state index in [-0.39, 0.29) is 6.04 Å². The lowest BCUT2D eigenvalue weighted by atomic mass is 10.1. The summed E-state index contributed by atoms with van der Waals surface area (Å²) in [4.78, 5) is 3.40. The first kappa shape index (κ1) is 7.88. The molecule has 1 heterocycles. The minimum Gasteiger partial charge on any atom is -0.321 e. The van der Waals surface area contributed by atoms with Crippen molar-refractivity contribution in [1.82, 2.24) is 4.98 Å². The van der Waals surface area contributed by atoms with Gasteiger partial charge in [-0.15, -0.1) is 6.58 Å². The zero-order chi connectivity index (χ0) is 8.27. The molecule has 0 amide bonds. The van der Waals surface area contributed by atoms with Crippen LogP contribution < -0.4 is 5.73 Å². The molecule has 2 nitrogen and oxygen atoms in total. The largest absolute Gasteiger partial charge is 0.321 e. The quantitative estimate of drug-likeness (QED) is 0.514. The highest BCUT2D eigenvalue weighted by Gasteiger charge is 2.01. The molecule has 1 atom stereocenters. The van der Waals surface area contributed by atoms with Gasteiger partial charge in [0.2, 0.25) is 5.95 Å². The third kappa shape index (κ3) is 1.85. The maximum absolute atomic E-state index is 12.5. The number of aromatic nitrogens is 1. The molecule has 1 rings (SSSR count). The van der Waals surface area contributed by atoms with Crippen LogP contribution in [0.1, 0.15) is 11.6 Å². The highest BCUT2D eigenvalue weighted by atomic mass is 19.1. The minimum absolute atomic E-state index is 0.313. The van der Waals surface area contributed by atoms with Gasteiger partial charge in [-0.25, -0.2) is 4.98 Å². The second kappa shape index (κ2) is 3.25. The second-order valence-electron chi connectivity index (χ2n) is 2.17. The third-order valence-electron chi connectivity index (χ3n) is 1.39. The molecule has 1 aromatic rings. The molecular weight excluding hydrogens is 143 g/mol. The summed E-state index contributed by atoms with van der Waals surface area (Å²) in [5, 5.41) is 0. The molecule has 3 heteroatoms. The molecule has 0 saturated carbocycles. The zero-order valence-electron chi connectivity index (χ0n) is 6.00. The first-order valence-electron chi connectivity index (χ1n) is 3.23. The fraction of sp³-hybridized carbons (Fsp3) is 0.125. The fourth-order valence-corrected chi connectivity index (χ4v) is 0.761. The molecule has 0 radical (unpaired) electrons. The first-order chi connectivity index (χ1) is 5.24. The van der Waals surface area contributed by atoms with Crippen molar-refractivity contribution in [3.63, 3.8) is 0 Å². The first-order valence-corrected chi connectivity index (χ1v) is 3.23.